The Labute approximate surface area is 229 Å². The lowest BCUT2D eigenvalue weighted by molar-refractivity contribution is 0.0711. The van der Waals surface area contributed by atoms with Gasteiger partial charge >= 0.3 is 0 Å². The van der Waals surface area contributed by atoms with E-state index in [4.69, 9.17) is 4.98 Å². The van der Waals surface area contributed by atoms with Crippen LogP contribution in [-0.2, 0) is 16.4 Å². The van der Waals surface area contributed by atoms with E-state index in [1.54, 1.807) is 0 Å². The van der Waals surface area contributed by atoms with Crippen molar-refractivity contribution in [3.8, 4) is 0 Å². The number of piperidine rings is 1. The van der Waals surface area contributed by atoms with Crippen LogP contribution in [0, 0.1) is 11.8 Å². The van der Waals surface area contributed by atoms with Crippen LogP contribution in [0.3, 0.4) is 0 Å². The van der Waals surface area contributed by atoms with E-state index in [1.807, 2.05) is 0 Å². The second-order valence-electron chi connectivity index (χ2n) is 12.7. The molecule has 1 aromatic carbocycles. The van der Waals surface area contributed by atoms with Crippen LogP contribution in [0.25, 0.3) is 11.0 Å². The second kappa shape index (κ2) is 11.6. The summed E-state index contributed by atoms with van der Waals surface area (Å²) in [5, 5.41) is 0. The summed E-state index contributed by atoms with van der Waals surface area (Å²) in [5.74, 6) is 3.18. The second-order valence-corrected chi connectivity index (χ2v) is 14.6. The van der Waals surface area contributed by atoms with Crippen LogP contribution in [0.15, 0.2) is 24.3 Å². The van der Waals surface area contributed by atoms with E-state index in [1.165, 1.54) is 94.9 Å². The maximum Gasteiger partial charge on any atom is 0.208 e. The molecule has 0 amide bonds. The summed E-state index contributed by atoms with van der Waals surface area (Å²) < 4.78 is 28.3. The highest BCUT2D eigenvalue weighted by Gasteiger charge is 2.36. The van der Waals surface area contributed by atoms with Gasteiger partial charge in [0.25, 0.3) is 0 Å². The zero-order chi connectivity index (χ0) is 26.1. The highest BCUT2D eigenvalue weighted by Crippen LogP contribution is 2.41. The number of hydrogen-bond donors (Lipinski definition) is 1. The third-order valence-electron chi connectivity index (χ3n) is 10.1. The third-order valence-corrected chi connectivity index (χ3v) is 10.8. The predicted molar refractivity (Wildman–Crippen MR) is 154 cm³/mol. The van der Waals surface area contributed by atoms with Gasteiger partial charge in [-0.25, -0.2) is 18.1 Å². The minimum absolute atomic E-state index is 0.428. The monoisotopic (exact) mass is 541 g/mol. The summed E-state index contributed by atoms with van der Waals surface area (Å²) >= 11 is 0. The van der Waals surface area contributed by atoms with Gasteiger partial charge in [-0.2, -0.15) is 0 Å². The lowest BCUT2D eigenvalue weighted by atomic mass is 9.77. The summed E-state index contributed by atoms with van der Waals surface area (Å²) in [6.45, 7) is 4.71. The Balaban J connectivity index is 1.14. The molecule has 2 bridgehead atoms. The zero-order valence-electron chi connectivity index (χ0n) is 23.2. The van der Waals surface area contributed by atoms with Gasteiger partial charge in [-0.3, -0.25) is 4.90 Å². The number of sulfonamides is 1. The first-order valence-corrected chi connectivity index (χ1v) is 17.2. The Morgan fingerprint density at radius 3 is 2.37 bits per heavy atom. The molecule has 4 aliphatic rings. The van der Waals surface area contributed by atoms with E-state index >= 15 is 0 Å². The Morgan fingerprint density at radius 1 is 0.895 bits per heavy atom. The number of benzene rings is 1. The van der Waals surface area contributed by atoms with E-state index in [0.717, 1.165) is 49.3 Å². The fraction of sp³-hybridized carbons (Fsp3) is 0.767. The SMILES string of the molecule is CS(=O)(=O)NCCN1CCC[C@H]1Cc1nc2ccccc2n1C1CCN([C@@H]2C[C@@H]3CCCC[C@@H](C3)C2)CC1. The molecule has 2 aliphatic carbocycles. The molecule has 1 aromatic heterocycles. The number of nitrogens with one attached hydrogen (secondary N) is 1. The van der Waals surface area contributed by atoms with Crippen molar-refractivity contribution >= 4 is 21.1 Å². The Kier molecular flexibility index (Phi) is 8.13. The van der Waals surface area contributed by atoms with Crippen LogP contribution in [0.2, 0.25) is 0 Å². The molecule has 38 heavy (non-hydrogen) atoms. The molecule has 210 valence electrons. The summed E-state index contributed by atoms with van der Waals surface area (Å²) in [7, 11) is -3.15. The van der Waals surface area contributed by atoms with E-state index < -0.39 is 10.0 Å². The molecule has 6 rings (SSSR count). The first-order valence-electron chi connectivity index (χ1n) is 15.3. The Bertz CT molecular complexity index is 1170. The molecule has 0 spiro atoms. The Morgan fingerprint density at radius 2 is 1.63 bits per heavy atom. The van der Waals surface area contributed by atoms with Crippen molar-refractivity contribution in [3.05, 3.63) is 30.1 Å². The minimum Gasteiger partial charge on any atom is -0.325 e. The van der Waals surface area contributed by atoms with E-state index in [2.05, 4.69) is 43.4 Å². The average molecular weight is 542 g/mol. The lowest BCUT2D eigenvalue weighted by Crippen LogP contribution is -2.45. The van der Waals surface area contributed by atoms with E-state index in [9.17, 15) is 8.42 Å². The van der Waals surface area contributed by atoms with Gasteiger partial charge in [-0.1, -0.05) is 37.8 Å². The van der Waals surface area contributed by atoms with Crippen molar-refractivity contribution in [1.29, 1.82) is 0 Å². The molecule has 7 nitrogen and oxygen atoms in total. The van der Waals surface area contributed by atoms with Crippen LogP contribution in [-0.4, -0.2) is 78.8 Å². The van der Waals surface area contributed by atoms with Crippen molar-refractivity contribution in [3.63, 3.8) is 0 Å². The molecule has 8 heteroatoms. The molecule has 4 fully saturated rings. The van der Waals surface area contributed by atoms with Gasteiger partial charge in [0, 0.05) is 50.7 Å². The number of nitrogens with zero attached hydrogens (tertiary/aromatic N) is 4. The van der Waals surface area contributed by atoms with Crippen LogP contribution < -0.4 is 4.72 Å². The van der Waals surface area contributed by atoms with Crippen LogP contribution >= 0.6 is 0 Å². The van der Waals surface area contributed by atoms with Gasteiger partial charge in [-0.15, -0.1) is 0 Å². The number of aromatic nitrogens is 2. The van der Waals surface area contributed by atoms with Crippen molar-refractivity contribution in [1.82, 2.24) is 24.1 Å². The number of fused-ring (bicyclic) bond motifs is 3. The topological polar surface area (TPSA) is 70.5 Å². The molecule has 1 N–H and O–H groups in total. The summed E-state index contributed by atoms with van der Waals surface area (Å²) in [6, 6.07) is 10.4. The molecule has 0 unspecified atom stereocenters. The number of para-hydroxylation sites is 2. The van der Waals surface area contributed by atoms with Gasteiger partial charge in [0.15, 0.2) is 0 Å². The quantitative estimate of drug-likeness (QED) is 0.530. The molecule has 2 aromatic rings. The normalized spacial score (nSPS) is 30.1. The molecule has 3 heterocycles. The third kappa shape index (κ3) is 6.13. The smallest absolute Gasteiger partial charge is 0.208 e. The molecule has 2 saturated carbocycles. The van der Waals surface area contributed by atoms with Gasteiger partial charge in [-0.05, 0) is 75.5 Å². The van der Waals surface area contributed by atoms with E-state index in [-0.39, 0.29) is 0 Å². The Hall–Kier alpha value is -1.48. The summed E-state index contributed by atoms with van der Waals surface area (Å²) in [6.07, 6.45) is 17.2. The van der Waals surface area contributed by atoms with Gasteiger partial charge < -0.3 is 9.47 Å². The minimum atomic E-state index is -3.15. The summed E-state index contributed by atoms with van der Waals surface area (Å²) in [4.78, 5) is 10.5. The predicted octanol–water partition coefficient (Wildman–Crippen LogP) is 4.59. The van der Waals surface area contributed by atoms with Gasteiger partial charge in [0.2, 0.25) is 10.0 Å². The fourth-order valence-electron chi connectivity index (χ4n) is 8.33. The van der Waals surface area contributed by atoms with E-state index in [0.29, 0.717) is 18.6 Å². The standard InChI is InChI=1S/C30H47N5O2S/c1-38(36,37)31-14-18-33-15-6-9-26(33)22-30-32-28-10-4-5-11-29(28)35(30)25-12-16-34(17-13-25)27-20-23-7-2-3-8-24(19-23)21-27/h4-5,10-11,23-27,31H,2-3,6-9,12-22H2,1H3/t23-,24+,26-,27-/m0/s1. The molecule has 2 saturated heterocycles. The van der Waals surface area contributed by atoms with Crippen LogP contribution in [0.1, 0.15) is 82.5 Å². The highest BCUT2D eigenvalue weighted by molar-refractivity contribution is 7.88. The van der Waals surface area contributed by atoms with Crippen LogP contribution in [0.5, 0.6) is 0 Å². The molecule has 2 aliphatic heterocycles. The van der Waals surface area contributed by atoms with Gasteiger partial charge in [0.05, 0.1) is 17.3 Å². The first-order chi connectivity index (χ1) is 18.4. The molecular formula is C30H47N5O2S. The number of rotatable bonds is 8. The van der Waals surface area contributed by atoms with Crippen molar-refractivity contribution < 1.29 is 8.42 Å². The number of likely N-dealkylation sites (tertiary alicyclic amines) is 2. The first kappa shape index (κ1) is 26.7. The zero-order valence-corrected chi connectivity index (χ0v) is 24.0. The van der Waals surface area contributed by atoms with Gasteiger partial charge in [0.1, 0.15) is 5.82 Å². The maximum absolute atomic E-state index is 11.5. The van der Waals surface area contributed by atoms with Crippen LogP contribution in [0.4, 0.5) is 0 Å². The molecular weight excluding hydrogens is 494 g/mol. The number of hydrogen-bond acceptors (Lipinski definition) is 5. The lowest BCUT2D eigenvalue weighted by Gasteiger charge is -2.43. The average Bonchev–Trinajstić information content (AvgIpc) is 3.45. The van der Waals surface area contributed by atoms with Crippen molar-refractivity contribution in [2.75, 3.05) is 39.0 Å². The largest absolute Gasteiger partial charge is 0.325 e. The summed E-state index contributed by atoms with van der Waals surface area (Å²) in [5.41, 5.74) is 2.40. The molecule has 4 atom stereocenters. The maximum atomic E-state index is 11.5. The molecule has 0 radical (unpaired) electrons. The van der Waals surface area contributed by atoms with Crippen molar-refractivity contribution in [2.24, 2.45) is 11.8 Å². The number of imidazole rings is 1. The fourth-order valence-corrected chi connectivity index (χ4v) is 8.79. The highest BCUT2D eigenvalue weighted by atomic mass is 32.2. The van der Waals surface area contributed by atoms with Crippen molar-refractivity contribution in [2.45, 2.75) is 95.2 Å².